The molecule has 23 heavy (non-hydrogen) atoms. The van der Waals surface area contributed by atoms with Crippen molar-refractivity contribution in [1.82, 2.24) is 9.88 Å². The Morgan fingerprint density at radius 3 is 2.87 bits per heavy atom. The molecule has 2 aliphatic heterocycles. The number of nitrogens with zero attached hydrogens (tertiary/aromatic N) is 2. The number of nitrogens with one attached hydrogen (secondary N) is 1. The molecule has 0 spiro atoms. The molecule has 1 amide bonds. The number of amides is 1. The van der Waals surface area contributed by atoms with Gasteiger partial charge in [0.1, 0.15) is 0 Å². The lowest BCUT2D eigenvalue weighted by Crippen LogP contribution is -2.69. The van der Waals surface area contributed by atoms with Crippen LogP contribution in [0.3, 0.4) is 0 Å². The highest BCUT2D eigenvalue weighted by atomic mass is 16.3. The summed E-state index contributed by atoms with van der Waals surface area (Å²) in [6.45, 7) is 0.718. The van der Waals surface area contributed by atoms with Crippen molar-refractivity contribution in [2.75, 3.05) is 18.5 Å². The van der Waals surface area contributed by atoms with Crippen LogP contribution in [0.25, 0.3) is 0 Å². The average molecular weight is 309 g/mol. The van der Waals surface area contributed by atoms with Crippen molar-refractivity contribution >= 4 is 11.6 Å². The van der Waals surface area contributed by atoms with Crippen LogP contribution in [0, 0.1) is 0 Å². The molecule has 2 aromatic rings. The summed E-state index contributed by atoms with van der Waals surface area (Å²) in [5.74, 6) is 0.246. The smallest absolute Gasteiger partial charge is 0.229 e. The molecule has 1 aromatic carbocycles. The van der Waals surface area contributed by atoms with Crippen LogP contribution < -0.4 is 5.32 Å². The van der Waals surface area contributed by atoms with Crippen LogP contribution in [-0.2, 0) is 11.2 Å². The van der Waals surface area contributed by atoms with Gasteiger partial charge in [-0.05, 0) is 23.8 Å². The molecule has 1 fully saturated rings. The summed E-state index contributed by atoms with van der Waals surface area (Å²) in [7, 11) is 0. The van der Waals surface area contributed by atoms with E-state index < -0.39 is 0 Å². The zero-order valence-corrected chi connectivity index (χ0v) is 12.7. The number of fused-ring (bicyclic) bond motifs is 3. The minimum Gasteiger partial charge on any atom is -0.394 e. The van der Waals surface area contributed by atoms with Gasteiger partial charge in [-0.1, -0.05) is 24.3 Å². The Morgan fingerprint density at radius 1 is 1.26 bits per heavy atom. The van der Waals surface area contributed by atoms with Gasteiger partial charge in [-0.15, -0.1) is 0 Å². The van der Waals surface area contributed by atoms with Crippen molar-refractivity contribution in [3.63, 3.8) is 0 Å². The topological polar surface area (TPSA) is 65.5 Å². The normalized spacial score (nSPS) is 24.9. The fraction of sp³-hybridized carbons (Fsp3) is 0.333. The number of hydrogen-bond acceptors (Lipinski definition) is 4. The van der Waals surface area contributed by atoms with Gasteiger partial charge in [-0.3, -0.25) is 9.78 Å². The Morgan fingerprint density at radius 2 is 2.09 bits per heavy atom. The van der Waals surface area contributed by atoms with Gasteiger partial charge >= 0.3 is 0 Å². The molecule has 3 heterocycles. The van der Waals surface area contributed by atoms with E-state index in [0.29, 0.717) is 0 Å². The monoisotopic (exact) mass is 309 g/mol. The molecular weight excluding hydrogens is 290 g/mol. The molecule has 0 bridgehead atoms. The third-order valence-corrected chi connectivity index (χ3v) is 4.90. The van der Waals surface area contributed by atoms with Gasteiger partial charge in [0.25, 0.3) is 0 Å². The summed E-state index contributed by atoms with van der Waals surface area (Å²) in [5.41, 5.74) is 3.08. The molecule has 4 rings (SSSR count). The second-order valence-corrected chi connectivity index (χ2v) is 6.11. The van der Waals surface area contributed by atoms with Crippen molar-refractivity contribution in [2.45, 2.75) is 24.4 Å². The van der Waals surface area contributed by atoms with Crippen LogP contribution >= 0.6 is 0 Å². The maximum absolute atomic E-state index is 12.7. The summed E-state index contributed by atoms with van der Waals surface area (Å²) < 4.78 is 0. The van der Waals surface area contributed by atoms with E-state index in [-0.39, 0.29) is 36.9 Å². The predicted octanol–water partition coefficient (Wildman–Crippen LogP) is 1.41. The molecular formula is C18H19N3O2. The number of benzene rings is 1. The highest BCUT2D eigenvalue weighted by molar-refractivity contribution is 5.81. The SMILES string of the molecule is O=C(Cc1ccccn1)N1[C@@H](CO)[C@@H]2c3ccccc3NC[C@@H]21. The third-order valence-electron chi connectivity index (χ3n) is 4.90. The Kier molecular flexibility index (Phi) is 3.50. The first-order valence-electron chi connectivity index (χ1n) is 7.94. The van der Waals surface area contributed by atoms with Gasteiger partial charge in [-0.2, -0.15) is 0 Å². The molecule has 0 radical (unpaired) electrons. The number of carbonyl (C=O) groups excluding carboxylic acids is 1. The van der Waals surface area contributed by atoms with E-state index in [1.807, 2.05) is 35.2 Å². The van der Waals surface area contributed by atoms with E-state index in [1.165, 1.54) is 5.56 Å². The third kappa shape index (κ3) is 2.28. The number of likely N-dealkylation sites (tertiary alicyclic amines) is 1. The van der Waals surface area contributed by atoms with Crippen LogP contribution in [0.5, 0.6) is 0 Å². The van der Waals surface area contributed by atoms with Gasteiger partial charge in [-0.25, -0.2) is 0 Å². The van der Waals surface area contributed by atoms with Crippen molar-refractivity contribution in [3.8, 4) is 0 Å². The van der Waals surface area contributed by atoms with Crippen LogP contribution in [-0.4, -0.2) is 46.1 Å². The summed E-state index contributed by atoms with van der Waals surface area (Å²) >= 11 is 0. The highest BCUT2D eigenvalue weighted by Gasteiger charge is 2.52. The van der Waals surface area contributed by atoms with E-state index in [2.05, 4.69) is 22.4 Å². The Hall–Kier alpha value is -2.40. The molecule has 1 saturated heterocycles. The quantitative estimate of drug-likeness (QED) is 0.899. The van der Waals surface area contributed by atoms with E-state index in [1.54, 1.807) is 6.20 Å². The van der Waals surface area contributed by atoms with E-state index in [4.69, 9.17) is 0 Å². The Bertz CT molecular complexity index is 719. The standard InChI is InChI=1S/C18H19N3O2/c22-11-16-18-13-6-1-2-7-14(13)20-10-15(18)21(16)17(23)9-12-5-3-4-8-19-12/h1-8,15-16,18,20,22H,9-11H2/t15-,16-,18+/m0/s1. The van der Waals surface area contributed by atoms with Gasteiger partial charge in [0.05, 0.1) is 25.1 Å². The minimum absolute atomic E-state index is 0.0105. The number of anilines is 1. The molecule has 1 aromatic heterocycles. The molecule has 5 heteroatoms. The largest absolute Gasteiger partial charge is 0.394 e. The molecule has 0 unspecified atom stereocenters. The number of aliphatic hydroxyl groups is 1. The molecule has 3 atom stereocenters. The molecule has 0 aliphatic carbocycles. The van der Waals surface area contributed by atoms with Crippen LogP contribution in [0.15, 0.2) is 48.7 Å². The lowest BCUT2D eigenvalue weighted by Gasteiger charge is -2.57. The Labute approximate surface area is 135 Å². The molecule has 0 saturated carbocycles. The summed E-state index contributed by atoms with van der Waals surface area (Å²) in [5, 5.41) is 13.2. The number of aliphatic hydroxyl groups excluding tert-OH is 1. The molecule has 5 nitrogen and oxygen atoms in total. The van der Waals surface area contributed by atoms with E-state index in [9.17, 15) is 9.90 Å². The van der Waals surface area contributed by atoms with Crippen molar-refractivity contribution in [1.29, 1.82) is 0 Å². The summed E-state index contributed by atoms with van der Waals surface area (Å²) in [6, 6.07) is 13.7. The number of para-hydroxylation sites is 1. The van der Waals surface area contributed by atoms with Gasteiger partial charge in [0.2, 0.25) is 5.91 Å². The second kappa shape index (κ2) is 5.66. The highest BCUT2D eigenvalue weighted by Crippen LogP contribution is 2.46. The fourth-order valence-electron chi connectivity index (χ4n) is 3.87. The molecule has 2 aliphatic rings. The first kappa shape index (κ1) is 14.2. The lowest BCUT2D eigenvalue weighted by molar-refractivity contribution is -0.149. The first-order chi connectivity index (χ1) is 11.3. The zero-order chi connectivity index (χ0) is 15.8. The average Bonchev–Trinajstić information content (AvgIpc) is 2.56. The predicted molar refractivity (Wildman–Crippen MR) is 87.1 cm³/mol. The number of pyridine rings is 1. The first-order valence-corrected chi connectivity index (χ1v) is 7.94. The van der Waals surface area contributed by atoms with Crippen LogP contribution in [0.4, 0.5) is 5.69 Å². The number of aromatic nitrogens is 1. The van der Waals surface area contributed by atoms with Gasteiger partial charge in [0.15, 0.2) is 0 Å². The molecule has 2 N–H and O–H groups in total. The minimum atomic E-state index is -0.139. The van der Waals surface area contributed by atoms with Crippen LogP contribution in [0.1, 0.15) is 17.2 Å². The summed E-state index contributed by atoms with van der Waals surface area (Å²) in [6.07, 6.45) is 1.98. The number of hydrogen-bond donors (Lipinski definition) is 2. The summed E-state index contributed by atoms with van der Waals surface area (Å²) in [4.78, 5) is 18.7. The fourth-order valence-corrected chi connectivity index (χ4v) is 3.87. The maximum atomic E-state index is 12.7. The zero-order valence-electron chi connectivity index (χ0n) is 12.7. The lowest BCUT2D eigenvalue weighted by atomic mass is 9.72. The van der Waals surface area contributed by atoms with E-state index in [0.717, 1.165) is 17.9 Å². The molecule has 118 valence electrons. The number of rotatable bonds is 3. The second-order valence-electron chi connectivity index (χ2n) is 6.11. The van der Waals surface area contributed by atoms with Crippen LogP contribution in [0.2, 0.25) is 0 Å². The van der Waals surface area contributed by atoms with Crippen molar-refractivity contribution in [2.24, 2.45) is 0 Å². The van der Waals surface area contributed by atoms with Gasteiger partial charge in [0, 0.05) is 30.0 Å². The Balaban J connectivity index is 1.56. The van der Waals surface area contributed by atoms with Crippen molar-refractivity contribution in [3.05, 3.63) is 59.9 Å². The number of carbonyl (C=O) groups is 1. The van der Waals surface area contributed by atoms with Gasteiger partial charge < -0.3 is 15.3 Å². The van der Waals surface area contributed by atoms with Crippen molar-refractivity contribution < 1.29 is 9.90 Å². The maximum Gasteiger partial charge on any atom is 0.229 e. The van der Waals surface area contributed by atoms with E-state index >= 15 is 0 Å².